The Hall–Kier alpha value is -0.0800. The molecule has 1 atom stereocenters. The zero-order valence-corrected chi connectivity index (χ0v) is 7.60. The zero-order valence-electron chi connectivity index (χ0n) is 7.60. The van der Waals surface area contributed by atoms with Crippen LogP contribution in [0.1, 0.15) is 26.7 Å². The van der Waals surface area contributed by atoms with Gasteiger partial charge in [0.25, 0.3) is 0 Å². The molecule has 11 heavy (non-hydrogen) atoms. The summed E-state index contributed by atoms with van der Waals surface area (Å²) in [5.41, 5.74) is 0. The van der Waals surface area contributed by atoms with Crippen molar-refractivity contribution in [2.45, 2.75) is 32.7 Å². The quantitative estimate of drug-likeness (QED) is 0.669. The van der Waals surface area contributed by atoms with Crippen molar-refractivity contribution < 1.29 is 4.74 Å². The van der Waals surface area contributed by atoms with Crippen LogP contribution >= 0.6 is 0 Å². The van der Waals surface area contributed by atoms with Gasteiger partial charge in [-0.15, -0.1) is 0 Å². The third kappa shape index (κ3) is 3.73. The van der Waals surface area contributed by atoms with Gasteiger partial charge in [-0.25, -0.2) is 0 Å². The summed E-state index contributed by atoms with van der Waals surface area (Å²) in [5, 5.41) is 3.50. The van der Waals surface area contributed by atoms with Crippen LogP contribution in [0.2, 0.25) is 0 Å². The Bertz CT molecular complexity index is 97.7. The lowest BCUT2D eigenvalue weighted by Crippen LogP contribution is -2.38. The number of nitrogens with one attached hydrogen (secondary N) is 1. The van der Waals surface area contributed by atoms with E-state index in [0.29, 0.717) is 6.04 Å². The van der Waals surface area contributed by atoms with E-state index in [9.17, 15) is 0 Å². The first-order valence-electron chi connectivity index (χ1n) is 4.60. The number of hydrogen-bond acceptors (Lipinski definition) is 2. The first-order valence-corrected chi connectivity index (χ1v) is 4.60. The highest BCUT2D eigenvalue weighted by Crippen LogP contribution is 2.05. The second kappa shape index (κ2) is 4.73. The molecule has 1 rings (SSSR count). The highest BCUT2D eigenvalue weighted by Gasteiger charge is 2.12. The van der Waals surface area contributed by atoms with Gasteiger partial charge >= 0.3 is 0 Å². The molecule has 1 aliphatic heterocycles. The van der Waals surface area contributed by atoms with Gasteiger partial charge in [-0.1, -0.05) is 13.8 Å². The van der Waals surface area contributed by atoms with Crippen molar-refractivity contribution in [2.75, 3.05) is 19.8 Å². The molecule has 2 heteroatoms. The largest absolute Gasteiger partial charge is 0.380 e. The van der Waals surface area contributed by atoms with Gasteiger partial charge in [0.1, 0.15) is 0 Å². The van der Waals surface area contributed by atoms with Crippen LogP contribution < -0.4 is 5.32 Å². The van der Waals surface area contributed by atoms with Crippen molar-refractivity contribution >= 4 is 0 Å². The van der Waals surface area contributed by atoms with Crippen molar-refractivity contribution in [1.29, 1.82) is 0 Å². The van der Waals surface area contributed by atoms with Crippen molar-refractivity contribution in [2.24, 2.45) is 5.92 Å². The van der Waals surface area contributed by atoms with Crippen LogP contribution in [-0.4, -0.2) is 25.8 Å². The molecule has 0 amide bonds. The average molecular weight is 157 g/mol. The topological polar surface area (TPSA) is 21.3 Å². The molecule has 0 saturated carbocycles. The van der Waals surface area contributed by atoms with Crippen molar-refractivity contribution in [1.82, 2.24) is 5.32 Å². The highest BCUT2D eigenvalue weighted by molar-refractivity contribution is 4.70. The lowest BCUT2D eigenvalue weighted by molar-refractivity contribution is 0.0696. The van der Waals surface area contributed by atoms with Gasteiger partial charge in [0, 0.05) is 12.6 Å². The molecule has 0 bridgehead atoms. The summed E-state index contributed by atoms with van der Waals surface area (Å²) >= 11 is 0. The van der Waals surface area contributed by atoms with E-state index in [1.165, 1.54) is 12.8 Å². The van der Waals surface area contributed by atoms with Gasteiger partial charge in [0.2, 0.25) is 0 Å². The van der Waals surface area contributed by atoms with Crippen LogP contribution in [0.15, 0.2) is 0 Å². The second-order valence-electron chi connectivity index (χ2n) is 3.72. The van der Waals surface area contributed by atoms with Crippen molar-refractivity contribution in [3.8, 4) is 0 Å². The lowest BCUT2D eigenvalue weighted by atomic mass is 10.1. The predicted molar refractivity (Wildman–Crippen MR) is 46.7 cm³/mol. The molecule has 2 nitrogen and oxygen atoms in total. The molecular formula is C9H19NO. The fourth-order valence-corrected chi connectivity index (χ4v) is 1.30. The van der Waals surface area contributed by atoms with E-state index < -0.39 is 0 Å². The molecule has 66 valence electrons. The highest BCUT2D eigenvalue weighted by atomic mass is 16.5. The van der Waals surface area contributed by atoms with Gasteiger partial charge < -0.3 is 10.1 Å². The predicted octanol–water partition coefficient (Wildman–Crippen LogP) is 1.41. The molecule has 0 unspecified atom stereocenters. The van der Waals surface area contributed by atoms with E-state index >= 15 is 0 Å². The van der Waals surface area contributed by atoms with E-state index in [1.54, 1.807) is 0 Å². The fraction of sp³-hybridized carbons (Fsp3) is 1.00. The summed E-state index contributed by atoms with van der Waals surface area (Å²) in [5.74, 6) is 0.747. The van der Waals surface area contributed by atoms with Gasteiger partial charge in [-0.2, -0.15) is 0 Å². The van der Waals surface area contributed by atoms with Crippen LogP contribution in [0.25, 0.3) is 0 Å². The molecule has 1 fully saturated rings. The first-order chi connectivity index (χ1) is 5.29. The summed E-state index contributed by atoms with van der Waals surface area (Å²) in [7, 11) is 0. The third-order valence-electron chi connectivity index (χ3n) is 1.98. The molecule has 0 aromatic rings. The molecule has 0 spiro atoms. The van der Waals surface area contributed by atoms with E-state index in [1.807, 2.05) is 0 Å². The molecule has 1 saturated heterocycles. The zero-order chi connectivity index (χ0) is 8.10. The van der Waals surface area contributed by atoms with Crippen molar-refractivity contribution in [3.05, 3.63) is 0 Å². The molecule has 1 aliphatic rings. The molecule has 1 N–H and O–H groups in total. The van der Waals surface area contributed by atoms with Crippen LogP contribution in [0.4, 0.5) is 0 Å². The smallest absolute Gasteiger partial charge is 0.0619 e. The maximum atomic E-state index is 5.35. The summed E-state index contributed by atoms with van der Waals surface area (Å²) in [4.78, 5) is 0. The Balaban J connectivity index is 2.05. The van der Waals surface area contributed by atoms with E-state index in [4.69, 9.17) is 4.74 Å². The van der Waals surface area contributed by atoms with Crippen LogP contribution in [0.3, 0.4) is 0 Å². The van der Waals surface area contributed by atoms with Gasteiger partial charge in [-0.05, 0) is 25.3 Å². The average Bonchev–Trinajstić information content (AvgIpc) is 2.03. The maximum absolute atomic E-state index is 5.35. The minimum Gasteiger partial charge on any atom is -0.380 e. The summed E-state index contributed by atoms with van der Waals surface area (Å²) in [6.07, 6.45) is 2.50. The molecule has 1 heterocycles. The third-order valence-corrected chi connectivity index (χ3v) is 1.98. The number of rotatable bonds is 3. The van der Waals surface area contributed by atoms with E-state index in [-0.39, 0.29) is 0 Å². The molecule has 0 aromatic carbocycles. The van der Waals surface area contributed by atoms with Crippen LogP contribution in [0, 0.1) is 5.92 Å². The van der Waals surface area contributed by atoms with Crippen LogP contribution in [0.5, 0.6) is 0 Å². The van der Waals surface area contributed by atoms with Gasteiger partial charge in [0.05, 0.1) is 6.61 Å². The second-order valence-corrected chi connectivity index (χ2v) is 3.72. The van der Waals surface area contributed by atoms with E-state index in [0.717, 1.165) is 25.7 Å². The Morgan fingerprint density at radius 2 is 2.36 bits per heavy atom. The SMILES string of the molecule is CC(C)CN[C@H]1CCCOC1. The number of hydrogen-bond donors (Lipinski definition) is 1. The Labute approximate surface area is 69.3 Å². The lowest BCUT2D eigenvalue weighted by Gasteiger charge is -2.23. The van der Waals surface area contributed by atoms with Gasteiger partial charge in [-0.3, -0.25) is 0 Å². The monoisotopic (exact) mass is 157 g/mol. The van der Waals surface area contributed by atoms with E-state index in [2.05, 4.69) is 19.2 Å². The van der Waals surface area contributed by atoms with Gasteiger partial charge in [0.15, 0.2) is 0 Å². The minimum absolute atomic E-state index is 0.617. The fourth-order valence-electron chi connectivity index (χ4n) is 1.30. The number of ether oxygens (including phenoxy) is 1. The molecule has 0 radical (unpaired) electrons. The summed E-state index contributed by atoms with van der Waals surface area (Å²) < 4.78 is 5.35. The van der Waals surface area contributed by atoms with Crippen molar-refractivity contribution in [3.63, 3.8) is 0 Å². The maximum Gasteiger partial charge on any atom is 0.0619 e. The first kappa shape index (κ1) is 9.01. The Morgan fingerprint density at radius 1 is 1.55 bits per heavy atom. The molecule has 0 aliphatic carbocycles. The minimum atomic E-state index is 0.617. The van der Waals surface area contributed by atoms with Crippen LogP contribution in [-0.2, 0) is 4.74 Å². The normalized spacial score (nSPS) is 25.9. The molecule has 0 aromatic heterocycles. The molecular weight excluding hydrogens is 138 g/mol. The standard InChI is InChI=1S/C9H19NO/c1-8(2)6-10-9-4-3-5-11-7-9/h8-10H,3-7H2,1-2H3/t9-/m0/s1. The summed E-state index contributed by atoms with van der Waals surface area (Å²) in [6, 6.07) is 0.617. The summed E-state index contributed by atoms with van der Waals surface area (Å²) in [6.45, 7) is 7.45. The Morgan fingerprint density at radius 3 is 2.91 bits per heavy atom. The Kier molecular flexibility index (Phi) is 3.87.